The van der Waals surface area contributed by atoms with Crippen molar-refractivity contribution in [1.29, 1.82) is 0 Å². The molecule has 0 atom stereocenters. The van der Waals surface area contributed by atoms with Gasteiger partial charge in [-0.2, -0.15) is 0 Å². The van der Waals surface area contributed by atoms with Gasteiger partial charge in [0.25, 0.3) is 0 Å². The number of methoxy groups -OCH3 is 1. The van der Waals surface area contributed by atoms with Crippen LogP contribution in [0.1, 0.15) is 25.3 Å². The Morgan fingerprint density at radius 1 is 0.800 bits per heavy atom. The molecule has 0 N–H and O–H groups in total. The molecule has 0 fully saturated rings. The highest BCUT2D eigenvalue weighted by atomic mass is 16.5. The van der Waals surface area contributed by atoms with Crippen molar-refractivity contribution < 1.29 is 9.47 Å². The average molecular weight is 270 g/mol. The van der Waals surface area contributed by atoms with Crippen LogP contribution in [0.2, 0.25) is 0 Å². The highest BCUT2D eigenvalue weighted by Crippen LogP contribution is 2.24. The molecule has 0 heterocycles. The van der Waals surface area contributed by atoms with Crippen LogP contribution in [0.4, 0.5) is 0 Å². The first-order chi connectivity index (χ1) is 9.70. The van der Waals surface area contributed by atoms with Crippen molar-refractivity contribution in [1.82, 2.24) is 0 Å². The second kappa shape index (κ2) is 7.11. The lowest BCUT2D eigenvalue weighted by molar-refractivity contribution is 0.146. The molecule has 20 heavy (non-hydrogen) atoms. The highest BCUT2D eigenvalue weighted by Gasteiger charge is 2.01. The molecule has 0 saturated heterocycles. The fourth-order valence-electron chi connectivity index (χ4n) is 2.05. The van der Waals surface area contributed by atoms with Gasteiger partial charge in [-0.05, 0) is 34.7 Å². The maximum Gasteiger partial charge on any atom is 0.119 e. The van der Waals surface area contributed by atoms with Crippen LogP contribution in [0.3, 0.4) is 0 Å². The largest absolute Gasteiger partial charge is 0.491 e. The van der Waals surface area contributed by atoms with Gasteiger partial charge in [0.1, 0.15) is 12.4 Å². The molecule has 0 bridgehead atoms. The molecule has 2 nitrogen and oxygen atoms in total. The Bertz CT molecular complexity index is 512. The summed E-state index contributed by atoms with van der Waals surface area (Å²) >= 11 is 0. The monoisotopic (exact) mass is 270 g/mol. The first-order valence-electron chi connectivity index (χ1n) is 7.03. The molecule has 0 aliphatic rings. The predicted octanol–water partition coefficient (Wildman–Crippen LogP) is 4.50. The molecule has 0 unspecified atom stereocenters. The molecule has 2 aromatic rings. The smallest absolute Gasteiger partial charge is 0.119 e. The molecular formula is C18H22O2. The van der Waals surface area contributed by atoms with Crippen LogP contribution in [0.5, 0.6) is 5.75 Å². The number of ether oxygens (including phenoxy) is 2. The van der Waals surface area contributed by atoms with Gasteiger partial charge in [-0.3, -0.25) is 0 Å². The van der Waals surface area contributed by atoms with Crippen LogP contribution in [-0.2, 0) is 4.74 Å². The van der Waals surface area contributed by atoms with Gasteiger partial charge in [0.15, 0.2) is 0 Å². The van der Waals surface area contributed by atoms with Crippen molar-refractivity contribution in [2.24, 2.45) is 0 Å². The van der Waals surface area contributed by atoms with Crippen LogP contribution in [0.15, 0.2) is 48.5 Å². The van der Waals surface area contributed by atoms with E-state index in [-0.39, 0.29) is 0 Å². The lowest BCUT2D eigenvalue weighted by Crippen LogP contribution is -2.03. The standard InChI is InChI=1S/C18H22O2/c1-14(2)15-4-6-16(7-5-15)17-8-10-18(11-9-17)20-13-12-19-3/h4-11,14H,12-13H2,1-3H3. The van der Waals surface area contributed by atoms with E-state index >= 15 is 0 Å². The Labute approximate surface area is 121 Å². The maximum atomic E-state index is 5.56. The van der Waals surface area contributed by atoms with E-state index in [1.54, 1.807) is 7.11 Å². The number of hydrogen-bond donors (Lipinski definition) is 0. The van der Waals surface area contributed by atoms with E-state index in [1.807, 2.05) is 12.1 Å². The van der Waals surface area contributed by atoms with Gasteiger partial charge in [-0.25, -0.2) is 0 Å². The van der Waals surface area contributed by atoms with Crippen molar-refractivity contribution in [3.8, 4) is 16.9 Å². The summed E-state index contributed by atoms with van der Waals surface area (Å²) in [7, 11) is 1.67. The lowest BCUT2D eigenvalue weighted by Gasteiger charge is -2.09. The Morgan fingerprint density at radius 2 is 1.35 bits per heavy atom. The van der Waals surface area contributed by atoms with Crippen molar-refractivity contribution >= 4 is 0 Å². The van der Waals surface area contributed by atoms with Crippen LogP contribution in [-0.4, -0.2) is 20.3 Å². The van der Waals surface area contributed by atoms with Gasteiger partial charge in [-0.15, -0.1) is 0 Å². The summed E-state index contributed by atoms with van der Waals surface area (Å²) in [5.41, 5.74) is 3.81. The molecule has 0 aliphatic heterocycles. The normalized spacial score (nSPS) is 10.8. The molecule has 106 valence electrons. The summed E-state index contributed by atoms with van der Waals surface area (Å²) in [5, 5.41) is 0. The first kappa shape index (κ1) is 14.6. The number of hydrogen-bond acceptors (Lipinski definition) is 2. The van der Waals surface area contributed by atoms with E-state index in [1.165, 1.54) is 16.7 Å². The summed E-state index contributed by atoms with van der Waals surface area (Å²) in [6.07, 6.45) is 0. The second-order valence-corrected chi connectivity index (χ2v) is 5.14. The Balaban J connectivity index is 2.05. The maximum absolute atomic E-state index is 5.56. The van der Waals surface area contributed by atoms with Crippen molar-refractivity contribution in [3.05, 3.63) is 54.1 Å². The van der Waals surface area contributed by atoms with E-state index in [2.05, 4.69) is 50.2 Å². The minimum atomic E-state index is 0.570. The Kier molecular flexibility index (Phi) is 5.19. The van der Waals surface area contributed by atoms with E-state index in [0.717, 1.165) is 5.75 Å². The van der Waals surface area contributed by atoms with Crippen LogP contribution in [0, 0.1) is 0 Å². The average Bonchev–Trinajstić information content (AvgIpc) is 2.48. The molecule has 0 aliphatic carbocycles. The fraction of sp³-hybridized carbons (Fsp3) is 0.333. The molecule has 0 saturated carbocycles. The molecule has 0 spiro atoms. The van der Waals surface area contributed by atoms with Gasteiger partial charge in [0.2, 0.25) is 0 Å². The van der Waals surface area contributed by atoms with Crippen LogP contribution in [0.25, 0.3) is 11.1 Å². The molecule has 2 aromatic carbocycles. The predicted molar refractivity (Wildman–Crippen MR) is 83.3 cm³/mol. The highest BCUT2D eigenvalue weighted by molar-refractivity contribution is 5.64. The number of benzene rings is 2. The second-order valence-electron chi connectivity index (χ2n) is 5.14. The van der Waals surface area contributed by atoms with Crippen molar-refractivity contribution in [2.75, 3.05) is 20.3 Å². The third-order valence-corrected chi connectivity index (χ3v) is 3.32. The molecular weight excluding hydrogens is 248 g/mol. The summed E-state index contributed by atoms with van der Waals surface area (Å²) in [6, 6.07) is 16.9. The Morgan fingerprint density at radius 3 is 1.85 bits per heavy atom. The third-order valence-electron chi connectivity index (χ3n) is 3.32. The zero-order valence-electron chi connectivity index (χ0n) is 12.4. The molecule has 0 radical (unpaired) electrons. The summed E-state index contributed by atoms with van der Waals surface area (Å²) in [4.78, 5) is 0. The van der Waals surface area contributed by atoms with Gasteiger partial charge in [-0.1, -0.05) is 50.2 Å². The molecule has 2 rings (SSSR count). The minimum Gasteiger partial charge on any atom is -0.491 e. The Hall–Kier alpha value is -1.80. The zero-order chi connectivity index (χ0) is 14.4. The summed E-state index contributed by atoms with van der Waals surface area (Å²) < 4.78 is 10.5. The van der Waals surface area contributed by atoms with E-state index < -0.39 is 0 Å². The van der Waals surface area contributed by atoms with Crippen LogP contribution < -0.4 is 4.74 Å². The van der Waals surface area contributed by atoms with Crippen molar-refractivity contribution in [2.45, 2.75) is 19.8 Å². The summed E-state index contributed by atoms with van der Waals surface area (Å²) in [6.45, 7) is 5.61. The van der Waals surface area contributed by atoms with E-state index in [4.69, 9.17) is 9.47 Å². The van der Waals surface area contributed by atoms with Gasteiger partial charge in [0, 0.05) is 7.11 Å². The van der Waals surface area contributed by atoms with Crippen molar-refractivity contribution in [3.63, 3.8) is 0 Å². The zero-order valence-corrected chi connectivity index (χ0v) is 12.4. The SMILES string of the molecule is COCCOc1ccc(-c2ccc(C(C)C)cc2)cc1. The summed E-state index contributed by atoms with van der Waals surface area (Å²) in [5.74, 6) is 1.45. The molecule has 0 aromatic heterocycles. The lowest BCUT2D eigenvalue weighted by atomic mass is 9.99. The van der Waals surface area contributed by atoms with Gasteiger partial charge >= 0.3 is 0 Å². The molecule has 0 amide bonds. The first-order valence-corrected chi connectivity index (χ1v) is 7.03. The van der Waals surface area contributed by atoms with Gasteiger partial charge < -0.3 is 9.47 Å². The third kappa shape index (κ3) is 3.84. The van der Waals surface area contributed by atoms with E-state index in [9.17, 15) is 0 Å². The fourth-order valence-corrected chi connectivity index (χ4v) is 2.05. The van der Waals surface area contributed by atoms with Crippen LogP contribution >= 0.6 is 0 Å². The van der Waals surface area contributed by atoms with E-state index in [0.29, 0.717) is 19.1 Å². The number of rotatable bonds is 6. The van der Waals surface area contributed by atoms with Gasteiger partial charge in [0.05, 0.1) is 6.61 Å². The quantitative estimate of drug-likeness (QED) is 0.719. The molecule has 2 heteroatoms. The minimum absolute atomic E-state index is 0.570. The topological polar surface area (TPSA) is 18.5 Å².